The molecule has 8 nitrogen and oxygen atoms in total. The predicted molar refractivity (Wildman–Crippen MR) is 141 cm³/mol. The first-order chi connectivity index (χ1) is 17.2. The Kier molecular flexibility index (Phi) is 9.52. The van der Waals surface area contributed by atoms with Crippen LogP contribution < -0.4 is 21.7 Å². The van der Waals surface area contributed by atoms with Gasteiger partial charge in [-0.3, -0.25) is 14.4 Å². The van der Waals surface area contributed by atoms with Gasteiger partial charge < -0.3 is 25.4 Å². The summed E-state index contributed by atoms with van der Waals surface area (Å²) in [5.41, 5.74) is 2.96. The highest BCUT2D eigenvalue weighted by molar-refractivity contribution is 9.10. The molecule has 0 heterocycles. The van der Waals surface area contributed by atoms with Crippen LogP contribution >= 0.6 is 15.9 Å². The highest BCUT2D eigenvalue weighted by Crippen LogP contribution is 2.13. The lowest BCUT2D eigenvalue weighted by atomic mass is 9.81. The fourth-order valence-corrected chi connectivity index (χ4v) is 4.09. The van der Waals surface area contributed by atoms with Gasteiger partial charge in [0.1, 0.15) is 14.4 Å². The second-order valence-electron chi connectivity index (χ2n) is 7.98. The van der Waals surface area contributed by atoms with Crippen LogP contribution in [0.5, 0.6) is 0 Å². The Hall–Kier alpha value is -3.34. The van der Waals surface area contributed by atoms with Crippen molar-refractivity contribution in [2.24, 2.45) is 0 Å². The molecule has 12 heteroatoms. The summed E-state index contributed by atoms with van der Waals surface area (Å²) in [6.07, 6.45) is 0. The average Bonchev–Trinajstić information content (AvgIpc) is 2.85. The molecule has 4 N–H and O–H groups in total. The maximum Gasteiger partial charge on any atom is 0.326 e. The monoisotopic (exact) mass is 544 g/mol. The Morgan fingerprint density at radius 3 is 2.28 bits per heavy atom. The van der Waals surface area contributed by atoms with Crippen molar-refractivity contribution in [2.45, 2.75) is 13.1 Å². The van der Waals surface area contributed by atoms with Gasteiger partial charge in [0.25, 0.3) is 11.8 Å². The van der Waals surface area contributed by atoms with Crippen molar-refractivity contribution in [1.29, 1.82) is 0 Å². The third-order valence-electron chi connectivity index (χ3n) is 5.14. The van der Waals surface area contributed by atoms with Crippen molar-refractivity contribution < 1.29 is 29.5 Å². The highest BCUT2D eigenvalue weighted by Gasteiger charge is 2.20. The quantitative estimate of drug-likeness (QED) is 0.252. The van der Waals surface area contributed by atoms with E-state index in [9.17, 15) is 29.5 Å². The molecule has 0 saturated heterocycles. The van der Waals surface area contributed by atoms with Crippen LogP contribution in [0.4, 0.5) is 0 Å². The summed E-state index contributed by atoms with van der Waals surface area (Å²) >= 11 is 3.30. The SMILES string of the molecule is [B]c1cc([B]O)cc(C(=O)N(CC(=O)O)Cc2cccc(CNC(=O)c3cc(Br)cc([B]O)c3)c2)c1. The van der Waals surface area contributed by atoms with Gasteiger partial charge >= 0.3 is 20.9 Å². The minimum Gasteiger partial charge on any atom is -0.480 e. The Bertz CT molecular complexity index is 1290. The van der Waals surface area contributed by atoms with E-state index in [0.717, 1.165) is 25.4 Å². The summed E-state index contributed by atoms with van der Waals surface area (Å²) in [7, 11) is 7.51. The van der Waals surface area contributed by atoms with E-state index in [4.69, 9.17) is 7.85 Å². The molecular formula is C24H20B3BrN2O6. The molecule has 0 spiro atoms. The molecule has 0 aliphatic carbocycles. The third kappa shape index (κ3) is 7.58. The molecule has 4 radical (unpaired) electrons. The van der Waals surface area contributed by atoms with Crippen molar-refractivity contribution in [2.75, 3.05) is 6.54 Å². The van der Waals surface area contributed by atoms with Gasteiger partial charge in [0.2, 0.25) is 0 Å². The Morgan fingerprint density at radius 1 is 0.917 bits per heavy atom. The number of aliphatic carboxylic acids is 1. The largest absolute Gasteiger partial charge is 0.480 e. The van der Waals surface area contributed by atoms with Crippen LogP contribution in [0, 0.1) is 0 Å². The van der Waals surface area contributed by atoms with Gasteiger partial charge in [-0.05, 0) is 17.2 Å². The van der Waals surface area contributed by atoms with Crippen LogP contribution in [-0.4, -0.2) is 67.2 Å². The van der Waals surface area contributed by atoms with Crippen LogP contribution in [0.1, 0.15) is 31.8 Å². The van der Waals surface area contributed by atoms with Crippen LogP contribution in [0.25, 0.3) is 0 Å². The van der Waals surface area contributed by atoms with Crippen molar-refractivity contribution in [1.82, 2.24) is 10.2 Å². The normalized spacial score (nSPS) is 10.4. The number of rotatable bonds is 10. The van der Waals surface area contributed by atoms with Crippen molar-refractivity contribution in [3.63, 3.8) is 0 Å². The summed E-state index contributed by atoms with van der Waals surface area (Å²) in [5.74, 6) is -2.08. The van der Waals surface area contributed by atoms with Gasteiger partial charge in [0, 0.05) is 28.7 Å². The predicted octanol–water partition coefficient (Wildman–Crippen LogP) is -0.626. The van der Waals surface area contributed by atoms with E-state index in [1.807, 2.05) is 0 Å². The number of carbonyl (C=O) groups excluding carboxylic acids is 2. The van der Waals surface area contributed by atoms with Crippen molar-refractivity contribution in [3.8, 4) is 0 Å². The molecule has 0 bridgehead atoms. The van der Waals surface area contributed by atoms with E-state index < -0.39 is 18.4 Å². The number of halogens is 1. The molecular weight excluding hydrogens is 525 g/mol. The minimum absolute atomic E-state index is 0.00121. The lowest BCUT2D eigenvalue weighted by molar-refractivity contribution is -0.137. The van der Waals surface area contributed by atoms with Crippen molar-refractivity contribution in [3.05, 3.63) is 87.4 Å². The molecule has 0 unspecified atom stereocenters. The summed E-state index contributed by atoms with van der Waals surface area (Å²) < 4.78 is 0.643. The smallest absolute Gasteiger partial charge is 0.326 e. The first kappa shape index (κ1) is 27.3. The standard InChI is InChI=1S/C24H20B3BrN2O6/c25-18-5-17(7-19(9-18)26-35)24(34)30(13-22(31)32)12-15-3-1-2-14(4-15)11-29-23(33)16-6-20(27-36)10-21(28)8-16/h1-10,35-36H,11-13H2,(H,29,33)(H,31,32). The molecule has 3 aromatic carbocycles. The number of benzene rings is 3. The number of carboxylic acids is 1. The Morgan fingerprint density at radius 2 is 1.58 bits per heavy atom. The molecule has 0 fully saturated rings. The van der Waals surface area contributed by atoms with Crippen LogP contribution in [0.2, 0.25) is 0 Å². The van der Waals surface area contributed by atoms with Crippen LogP contribution in [0.15, 0.2) is 65.1 Å². The number of nitrogens with one attached hydrogen (secondary N) is 1. The second kappa shape index (κ2) is 12.6. The summed E-state index contributed by atoms with van der Waals surface area (Å²) in [6, 6.07) is 16.2. The van der Waals surface area contributed by atoms with E-state index in [1.165, 1.54) is 18.2 Å². The van der Waals surface area contributed by atoms with E-state index in [2.05, 4.69) is 21.2 Å². The third-order valence-corrected chi connectivity index (χ3v) is 5.59. The zero-order chi connectivity index (χ0) is 26.2. The molecule has 0 atom stereocenters. The number of hydrogen-bond donors (Lipinski definition) is 4. The summed E-state index contributed by atoms with van der Waals surface area (Å²) in [5, 5.41) is 30.6. The van der Waals surface area contributed by atoms with E-state index >= 15 is 0 Å². The highest BCUT2D eigenvalue weighted by atomic mass is 79.9. The van der Waals surface area contributed by atoms with Gasteiger partial charge in [-0.1, -0.05) is 86.9 Å². The van der Waals surface area contributed by atoms with Gasteiger partial charge in [-0.2, -0.15) is 0 Å². The second-order valence-corrected chi connectivity index (χ2v) is 8.89. The fourth-order valence-electron chi connectivity index (χ4n) is 3.58. The molecule has 2 amide bonds. The topological polar surface area (TPSA) is 127 Å². The number of amides is 2. The van der Waals surface area contributed by atoms with Gasteiger partial charge in [0.05, 0.1) is 0 Å². The molecule has 3 aromatic rings. The van der Waals surface area contributed by atoms with Gasteiger partial charge in [-0.15, -0.1) is 0 Å². The molecule has 0 saturated carbocycles. The van der Waals surface area contributed by atoms with Crippen LogP contribution in [0.3, 0.4) is 0 Å². The maximum absolute atomic E-state index is 13.1. The molecule has 0 aliphatic rings. The molecule has 0 aliphatic heterocycles. The molecule has 178 valence electrons. The van der Waals surface area contributed by atoms with Gasteiger partial charge in [-0.25, -0.2) is 0 Å². The molecule has 0 aromatic heterocycles. The zero-order valence-electron chi connectivity index (χ0n) is 19.0. The van der Waals surface area contributed by atoms with E-state index in [0.29, 0.717) is 26.5 Å². The fraction of sp³-hybridized carbons (Fsp3) is 0.125. The first-order valence-electron chi connectivity index (χ1n) is 10.7. The van der Waals surface area contributed by atoms with Gasteiger partial charge in [0.15, 0.2) is 0 Å². The number of carboxylic acid groups (broad SMARTS) is 1. The van der Waals surface area contributed by atoms with E-state index in [1.54, 1.807) is 42.5 Å². The van der Waals surface area contributed by atoms with Crippen LogP contribution in [-0.2, 0) is 17.9 Å². The van der Waals surface area contributed by atoms with Crippen molar-refractivity contribution >= 4 is 72.9 Å². The average molecular weight is 545 g/mol. The number of hydrogen-bond acceptors (Lipinski definition) is 5. The minimum atomic E-state index is -1.18. The zero-order valence-corrected chi connectivity index (χ0v) is 20.6. The Balaban J connectivity index is 1.74. The molecule has 3 rings (SSSR count). The number of nitrogens with zero attached hydrogens (tertiary/aromatic N) is 1. The summed E-state index contributed by atoms with van der Waals surface area (Å²) in [4.78, 5) is 38.2. The van der Waals surface area contributed by atoms with E-state index in [-0.39, 0.29) is 30.0 Å². The first-order valence-corrected chi connectivity index (χ1v) is 11.5. The number of carbonyl (C=O) groups is 3. The maximum atomic E-state index is 13.1. The summed E-state index contributed by atoms with van der Waals surface area (Å²) in [6.45, 7) is -0.351. The Labute approximate surface area is 219 Å². The molecule has 36 heavy (non-hydrogen) atoms. The lowest BCUT2D eigenvalue weighted by Crippen LogP contribution is -2.36. The lowest BCUT2D eigenvalue weighted by Gasteiger charge is -2.22.